The zero-order valence-electron chi connectivity index (χ0n) is 15.1. The van der Waals surface area contributed by atoms with Crippen LogP contribution in [-0.2, 0) is 12.7 Å². The highest BCUT2D eigenvalue weighted by Gasteiger charge is 2.30. The van der Waals surface area contributed by atoms with Gasteiger partial charge >= 0.3 is 12.1 Å². The average molecular weight is 395 g/mol. The third kappa shape index (κ3) is 3.74. The van der Waals surface area contributed by atoms with Gasteiger partial charge in [0.15, 0.2) is 0 Å². The quantitative estimate of drug-likeness (QED) is 0.455. The number of nitrogens with zero attached hydrogens (tertiary/aromatic N) is 1. The summed E-state index contributed by atoms with van der Waals surface area (Å²) in [7, 11) is 0. The van der Waals surface area contributed by atoms with E-state index in [1.165, 1.54) is 12.1 Å². The zero-order valence-corrected chi connectivity index (χ0v) is 15.1. The molecule has 0 aliphatic rings. The largest absolute Gasteiger partial charge is 0.478 e. The van der Waals surface area contributed by atoms with E-state index in [-0.39, 0.29) is 5.56 Å². The van der Waals surface area contributed by atoms with Gasteiger partial charge in [0.2, 0.25) is 0 Å². The topological polar surface area (TPSA) is 42.2 Å². The van der Waals surface area contributed by atoms with Crippen molar-refractivity contribution in [2.45, 2.75) is 12.7 Å². The number of benzene rings is 3. The van der Waals surface area contributed by atoms with Crippen LogP contribution in [0.2, 0.25) is 0 Å². The normalized spacial score (nSPS) is 11.7. The standard InChI is InChI=1S/C23H16F3NO2/c24-23(25,26)19-9-10-20-18(12-19)13-21(16-6-2-1-3-7-16)27(20)14-15-5-4-8-17(11-15)22(28)29/h1-13H,14H2,(H,28,29). The van der Waals surface area contributed by atoms with Gasteiger partial charge in [-0.2, -0.15) is 13.2 Å². The molecule has 0 fully saturated rings. The molecular weight excluding hydrogens is 379 g/mol. The summed E-state index contributed by atoms with van der Waals surface area (Å²) in [4.78, 5) is 11.3. The Kier molecular flexibility index (Phi) is 4.62. The fourth-order valence-corrected chi connectivity index (χ4v) is 3.45. The van der Waals surface area contributed by atoms with Gasteiger partial charge in [-0.05, 0) is 47.5 Å². The van der Waals surface area contributed by atoms with Gasteiger partial charge in [0, 0.05) is 23.1 Å². The summed E-state index contributed by atoms with van der Waals surface area (Å²) in [6.07, 6.45) is -4.42. The van der Waals surface area contributed by atoms with E-state index >= 15 is 0 Å². The molecule has 1 heterocycles. The molecule has 0 bridgehead atoms. The van der Waals surface area contributed by atoms with Gasteiger partial charge in [0.25, 0.3) is 0 Å². The van der Waals surface area contributed by atoms with E-state index in [4.69, 9.17) is 0 Å². The van der Waals surface area contributed by atoms with Crippen LogP contribution in [0, 0.1) is 0 Å². The number of hydrogen-bond acceptors (Lipinski definition) is 1. The van der Waals surface area contributed by atoms with E-state index in [0.717, 1.165) is 29.0 Å². The van der Waals surface area contributed by atoms with Crippen molar-refractivity contribution < 1.29 is 23.1 Å². The number of aromatic carboxylic acids is 1. The fraction of sp³-hybridized carbons (Fsp3) is 0.0870. The van der Waals surface area contributed by atoms with Crippen LogP contribution in [0.15, 0.2) is 78.9 Å². The number of halogens is 3. The van der Waals surface area contributed by atoms with Gasteiger partial charge in [-0.1, -0.05) is 42.5 Å². The number of hydrogen-bond donors (Lipinski definition) is 1. The third-order valence-electron chi connectivity index (χ3n) is 4.81. The maximum absolute atomic E-state index is 13.2. The van der Waals surface area contributed by atoms with Crippen molar-refractivity contribution in [2.24, 2.45) is 0 Å². The molecule has 4 rings (SSSR count). The van der Waals surface area contributed by atoms with Gasteiger partial charge in [0.1, 0.15) is 0 Å². The number of carbonyl (C=O) groups is 1. The Balaban J connectivity index is 1.88. The van der Waals surface area contributed by atoms with Crippen LogP contribution >= 0.6 is 0 Å². The number of aromatic nitrogens is 1. The van der Waals surface area contributed by atoms with Gasteiger partial charge < -0.3 is 9.67 Å². The maximum atomic E-state index is 13.2. The van der Waals surface area contributed by atoms with Crippen molar-refractivity contribution in [3.63, 3.8) is 0 Å². The highest BCUT2D eigenvalue weighted by molar-refractivity contribution is 5.89. The van der Waals surface area contributed by atoms with Gasteiger partial charge in [-0.25, -0.2) is 4.79 Å². The Morgan fingerprint density at radius 1 is 0.897 bits per heavy atom. The SMILES string of the molecule is O=C(O)c1cccc(Cn2c(-c3ccccc3)cc3cc(C(F)(F)F)ccc32)c1. The van der Waals surface area contributed by atoms with E-state index in [1.54, 1.807) is 24.3 Å². The van der Waals surface area contributed by atoms with Crippen molar-refractivity contribution in [1.82, 2.24) is 4.57 Å². The highest BCUT2D eigenvalue weighted by Crippen LogP contribution is 2.35. The third-order valence-corrected chi connectivity index (χ3v) is 4.81. The summed E-state index contributed by atoms with van der Waals surface area (Å²) >= 11 is 0. The molecule has 0 radical (unpaired) electrons. The summed E-state index contributed by atoms with van der Waals surface area (Å²) in [6, 6.07) is 21.3. The monoisotopic (exact) mass is 395 g/mol. The Morgan fingerprint density at radius 2 is 1.66 bits per heavy atom. The summed E-state index contributed by atoms with van der Waals surface area (Å²) < 4.78 is 41.4. The molecule has 0 saturated carbocycles. The van der Waals surface area contributed by atoms with Crippen LogP contribution in [0.25, 0.3) is 22.2 Å². The molecule has 0 aliphatic heterocycles. The average Bonchev–Trinajstić information content (AvgIpc) is 3.06. The van der Waals surface area contributed by atoms with Crippen molar-refractivity contribution in [3.05, 3.63) is 95.6 Å². The van der Waals surface area contributed by atoms with E-state index in [0.29, 0.717) is 17.4 Å². The molecule has 3 aromatic carbocycles. The molecule has 0 atom stereocenters. The maximum Gasteiger partial charge on any atom is 0.416 e. The molecule has 0 unspecified atom stereocenters. The predicted octanol–water partition coefficient (Wildman–Crippen LogP) is 6.07. The van der Waals surface area contributed by atoms with Crippen LogP contribution in [0.1, 0.15) is 21.5 Å². The second kappa shape index (κ2) is 7.13. The Hall–Kier alpha value is -3.54. The van der Waals surface area contributed by atoms with Gasteiger partial charge in [0.05, 0.1) is 11.1 Å². The van der Waals surface area contributed by atoms with E-state index < -0.39 is 17.7 Å². The van der Waals surface area contributed by atoms with Crippen LogP contribution < -0.4 is 0 Å². The summed E-state index contributed by atoms with van der Waals surface area (Å²) in [6.45, 7) is 0.334. The Morgan fingerprint density at radius 3 is 2.34 bits per heavy atom. The molecule has 0 amide bonds. The van der Waals surface area contributed by atoms with Gasteiger partial charge in [-0.3, -0.25) is 0 Å². The summed E-state index contributed by atoms with van der Waals surface area (Å²) in [5.74, 6) is -1.03. The first-order valence-corrected chi connectivity index (χ1v) is 8.91. The minimum atomic E-state index is -4.42. The summed E-state index contributed by atoms with van der Waals surface area (Å²) in [5, 5.41) is 9.71. The van der Waals surface area contributed by atoms with Crippen LogP contribution in [0.4, 0.5) is 13.2 Å². The Bertz CT molecular complexity index is 1190. The lowest BCUT2D eigenvalue weighted by Crippen LogP contribution is -2.05. The zero-order chi connectivity index (χ0) is 20.6. The highest BCUT2D eigenvalue weighted by atomic mass is 19.4. The minimum Gasteiger partial charge on any atom is -0.478 e. The van der Waals surface area contributed by atoms with Crippen LogP contribution in [-0.4, -0.2) is 15.6 Å². The number of carboxylic acid groups (broad SMARTS) is 1. The molecule has 3 nitrogen and oxygen atoms in total. The first-order chi connectivity index (χ1) is 13.8. The lowest BCUT2D eigenvalue weighted by Gasteiger charge is -2.12. The second-order valence-corrected chi connectivity index (χ2v) is 6.76. The molecule has 4 aromatic rings. The van der Waals surface area contributed by atoms with E-state index in [1.807, 2.05) is 34.9 Å². The minimum absolute atomic E-state index is 0.166. The van der Waals surface area contributed by atoms with Gasteiger partial charge in [-0.15, -0.1) is 0 Å². The first-order valence-electron chi connectivity index (χ1n) is 8.91. The molecule has 29 heavy (non-hydrogen) atoms. The lowest BCUT2D eigenvalue weighted by atomic mass is 10.1. The molecule has 0 spiro atoms. The van der Waals surface area contributed by atoms with Crippen molar-refractivity contribution >= 4 is 16.9 Å². The van der Waals surface area contributed by atoms with Crippen molar-refractivity contribution in [2.75, 3.05) is 0 Å². The number of rotatable bonds is 4. The molecule has 6 heteroatoms. The van der Waals surface area contributed by atoms with Crippen molar-refractivity contribution in [1.29, 1.82) is 0 Å². The second-order valence-electron chi connectivity index (χ2n) is 6.76. The molecule has 146 valence electrons. The van der Waals surface area contributed by atoms with Crippen LogP contribution in [0.3, 0.4) is 0 Å². The molecule has 1 N–H and O–H groups in total. The predicted molar refractivity (Wildman–Crippen MR) is 105 cm³/mol. The van der Waals surface area contributed by atoms with E-state index in [2.05, 4.69) is 0 Å². The molecular formula is C23H16F3NO2. The smallest absolute Gasteiger partial charge is 0.416 e. The number of carboxylic acids is 1. The molecule has 0 saturated heterocycles. The molecule has 1 aromatic heterocycles. The van der Waals surface area contributed by atoms with Crippen molar-refractivity contribution in [3.8, 4) is 11.3 Å². The van der Waals surface area contributed by atoms with Crippen LogP contribution in [0.5, 0.6) is 0 Å². The number of alkyl halides is 3. The first kappa shape index (κ1) is 18.8. The summed E-state index contributed by atoms with van der Waals surface area (Å²) in [5.41, 5.74) is 2.50. The molecule has 0 aliphatic carbocycles. The Labute approximate surface area is 164 Å². The lowest BCUT2D eigenvalue weighted by molar-refractivity contribution is -0.137. The van der Waals surface area contributed by atoms with E-state index in [9.17, 15) is 23.1 Å². The number of fused-ring (bicyclic) bond motifs is 1. The fourth-order valence-electron chi connectivity index (χ4n) is 3.45.